The molecule has 0 bridgehead atoms. The Balaban J connectivity index is 1.53. The monoisotopic (exact) mass is 301 g/mol. The zero-order valence-electron chi connectivity index (χ0n) is 13.0. The largest absolute Gasteiger partial charge is 0.444 e. The molecule has 7 heteroatoms. The van der Waals surface area contributed by atoms with Gasteiger partial charge in [-0.25, -0.2) is 14.8 Å². The van der Waals surface area contributed by atoms with E-state index in [0.29, 0.717) is 13.1 Å². The van der Waals surface area contributed by atoms with Crippen LogP contribution in [0, 0.1) is 16.7 Å². The molecule has 1 aromatic heterocycles. The molecule has 1 spiro atoms. The Hall–Kier alpha value is -2.36. The number of likely N-dealkylation sites (tertiary alicyclic amines) is 1. The summed E-state index contributed by atoms with van der Waals surface area (Å²) in [6.07, 6.45) is 1.35. The van der Waals surface area contributed by atoms with Crippen molar-refractivity contribution in [3.05, 3.63) is 18.1 Å². The van der Waals surface area contributed by atoms with Gasteiger partial charge in [0.2, 0.25) is 5.82 Å². The van der Waals surface area contributed by atoms with Gasteiger partial charge in [0.25, 0.3) is 0 Å². The molecule has 2 aliphatic rings. The molecule has 0 aliphatic carbocycles. The predicted octanol–water partition coefficient (Wildman–Crippen LogP) is 1.41. The molecule has 2 fully saturated rings. The van der Waals surface area contributed by atoms with E-state index < -0.39 is 5.60 Å². The lowest BCUT2D eigenvalue weighted by Gasteiger charge is -2.60. The second-order valence-electron chi connectivity index (χ2n) is 7.04. The number of rotatable bonds is 1. The maximum atomic E-state index is 11.9. The quantitative estimate of drug-likeness (QED) is 0.780. The molecule has 2 saturated heterocycles. The Labute approximate surface area is 129 Å². The molecule has 0 unspecified atom stereocenters. The van der Waals surface area contributed by atoms with Crippen LogP contribution in [0.1, 0.15) is 26.6 Å². The highest BCUT2D eigenvalue weighted by molar-refractivity contribution is 5.70. The van der Waals surface area contributed by atoms with Crippen molar-refractivity contribution in [2.75, 3.05) is 31.1 Å². The average molecular weight is 301 g/mol. The molecule has 116 valence electrons. The molecule has 22 heavy (non-hydrogen) atoms. The van der Waals surface area contributed by atoms with Crippen LogP contribution >= 0.6 is 0 Å². The smallest absolute Gasteiger partial charge is 0.410 e. The number of nitrogens with zero attached hydrogens (tertiary/aromatic N) is 5. The number of ether oxygens (including phenoxy) is 1. The Kier molecular flexibility index (Phi) is 3.20. The molecule has 7 nitrogen and oxygen atoms in total. The third-order valence-corrected chi connectivity index (χ3v) is 3.82. The minimum Gasteiger partial charge on any atom is -0.444 e. The highest BCUT2D eigenvalue weighted by atomic mass is 16.6. The first kappa shape index (κ1) is 14.6. The Morgan fingerprint density at radius 3 is 2.64 bits per heavy atom. The van der Waals surface area contributed by atoms with Gasteiger partial charge in [0.1, 0.15) is 17.5 Å². The highest BCUT2D eigenvalue weighted by Gasteiger charge is 2.54. The third-order valence-electron chi connectivity index (χ3n) is 3.82. The van der Waals surface area contributed by atoms with Crippen LogP contribution in [0.25, 0.3) is 0 Å². The molecule has 0 aromatic carbocycles. The minimum absolute atomic E-state index is 0.147. The van der Waals surface area contributed by atoms with Gasteiger partial charge in [-0.05, 0) is 26.8 Å². The molecule has 0 saturated carbocycles. The normalized spacial score (nSPS) is 19.2. The van der Waals surface area contributed by atoms with E-state index in [4.69, 9.17) is 10.00 Å². The first-order valence-corrected chi connectivity index (χ1v) is 7.26. The Morgan fingerprint density at radius 1 is 1.36 bits per heavy atom. The standard InChI is InChI=1S/C15H19N5O2/c1-14(2,3)22-13(21)20-9-15(10-20)7-19(8-15)12-4-5-17-11(6-16)18-12/h4-5H,7-10H2,1-3H3. The van der Waals surface area contributed by atoms with Crippen molar-refractivity contribution >= 4 is 11.9 Å². The fourth-order valence-corrected chi connectivity index (χ4v) is 2.92. The van der Waals surface area contributed by atoms with Gasteiger partial charge in [-0.1, -0.05) is 0 Å². The van der Waals surface area contributed by atoms with E-state index in [0.717, 1.165) is 18.9 Å². The summed E-state index contributed by atoms with van der Waals surface area (Å²) in [5, 5.41) is 8.83. The topological polar surface area (TPSA) is 82.4 Å². The van der Waals surface area contributed by atoms with Gasteiger partial charge in [-0.15, -0.1) is 0 Å². The van der Waals surface area contributed by atoms with Crippen LogP contribution < -0.4 is 4.90 Å². The van der Waals surface area contributed by atoms with Crippen LogP contribution in [0.2, 0.25) is 0 Å². The predicted molar refractivity (Wildman–Crippen MR) is 79.2 cm³/mol. The van der Waals surface area contributed by atoms with E-state index in [1.165, 1.54) is 0 Å². The summed E-state index contributed by atoms with van der Waals surface area (Å²) >= 11 is 0. The summed E-state index contributed by atoms with van der Waals surface area (Å²) in [5.41, 5.74) is -0.311. The van der Waals surface area contributed by atoms with Crippen molar-refractivity contribution in [2.24, 2.45) is 5.41 Å². The fourth-order valence-electron chi connectivity index (χ4n) is 2.92. The van der Waals surface area contributed by atoms with Crippen molar-refractivity contribution in [3.8, 4) is 6.07 Å². The van der Waals surface area contributed by atoms with Crippen molar-refractivity contribution in [1.82, 2.24) is 14.9 Å². The van der Waals surface area contributed by atoms with Crippen molar-refractivity contribution < 1.29 is 9.53 Å². The number of nitriles is 1. The van der Waals surface area contributed by atoms with Gasteiger partial charge in [-0.3, -0.25) is 0 Å². The zero-order valence-corrected chi connectivity index (χ0v) is 13.0. The molecule has 3 rings (SSSR count). The number of hydrogen-bond acceptors (Lipinski definition) is 6. The highest BCUT2D eigenvalue weighted by Crippen LogP contribution is 2.41. The van der Waals surface area contributed by atoms with E-state index in [1.807, 2.05) is 26.8 Å². The summed E-state index contributed by atoms with van der Waals surface area (Å²) in [5.74, 6) is 0.954. The molecular weight excluding hydrogens is 282 g/mol. The first-order valence-electron chi connectivity index (χ1n) is 7.26. The van der Waals surface area contributed by atoms with Crippen LogP contribution in [0.3, 0.4) is 0 Å². The molecule has 1 amide bonds. The van der Waals surface area contributed by atoms with E-state index >= 15 is 0 Å². The second kappa shape index (κ2) is 4.83. The maximum absolute atomic E-state index is 11.9. The number of aromatic nitrogens is 2. The van der Waals surface area contributed by atoms with Gasteiger partial charge >= 0.3 is 6.09 Å². The van der Waals surface area contributed by atoms with E-state index in [9.17, 15) is 4.79 Å². The second-order valence-corrected chi connectivity index (χ2v) is 7.04. The van der Waals surface area contributed by atoms with E-state index in [-0.39, 0.29) is 17.3 Å². The number of carbonyl (C=O) groups excluding carboxylic acids is 1. The molecule has 0 atom stereocenters. The summed E-state index contributed by atoms with van der Waals surface area (Å²) in [6, 6.07) is 3.75. The third kappa shape index (κ3) is 2.69. The van der Waals surface area contributed by atoms with Gasteiger partial charge < -0.3 is 14.5 Å². The number of amides is 1. The lowest BCUT2D eigenvalue weighted by atomic mass is 9.73. The molecular formula is C15H19N5O2. The number of hydrogen-bond donors (Lipinski definition) is 0. The fraction of sp³-hybridized carbons (Fsp3) is 0.600. The van der Waals surface area contributed by atoms with Gasteiger partial charge in [0.05, 0.1) is 0 Å². The number of carbonyl (C=O) groups is 1. The van der Waals surface area contributed by atoms with E-state index in [2.05, 4.69) is 14.9 Å². The maximum Gasteiger partial charge on any atom is 0.410 e. The van der Waals surface area contributed by atoms with Crippen molar-refractivity contribution in [1.29, 1.82) is 5.26 Å². The van der Waals surface area contributed by atoms with Crippen LogP contribution in [0.15, 0.2) is 12.3 Å². The molecule has 1 aromatic rings. The SMILES string of the molecule is CC(C)(C)OC(=O)N1CC2(C1)CN(c1ccnc(C#N)n1)C2. The Bertz CT molecular complexity index is 632. The van der Waals surface area contributed by atoms with E-state index in [1.54, 1.807) is 17.2 Å². The first-order chi connectivity index (χ1) is 10.3. The van der Waals surface area contributed by atoms with Crippen molar-refractivity contribution in [3.63, 3.8) is 0 Å². The minimum atomic E-state index is -0.458. The Morgan fingerprint density at radius 2 is 2.05 bits per heavy atom. The summed E-state index contributed by atoms with van der Waals surface area (Å²) in [6.45, 7) is 8.72. The number of anilines is 1. The molecule has 2 aliphatic heterocycles. The average Bonchev–Trinajstić information content (AvgIpc) is 2.33. The van der Waals surface area contributed by atoms with Gasteiger partial charge in [0, 0.05) is 37.8 Å². The molecule has 3 heterocycles. The van der Waals surface area contributed by atoms with Crippen LogP contribution in [0.4, 0.5) is 10.6 Å². The van der Waals surface area contributed by atoms with Gasteiger partial charge in [0.15, 0.2) is 0 Å². The van der Waals surface area contributed by atoms with Crippen LogP contribution in [-0.4, -0.2) is 52.7 Å². The summed E-state index contributed by atoms with van der Waals surface area (Å²) in [4.78, 5) is 23.8. The van der Waals surface area contributed by atoms with Crippen LogP contribution in [-0.2, 0) is 4.74 Å². The molecule has 0 N–H and O–H groups in total. The molecule has 0 radical (unpaired) electrons. The van der Waals surface area contributed by atoms with Crippen LogP contribution in [0.5, 0.6) is 0 Å². The summed E-state index contributed by atoms with van der Waals surface area (Å²) < 4.78 is 5.36. The van der Waals surface area contributed by atoms with Crippen molar-refractivity contribution in [2.45, 2.75) is 26.4 Å². The summed E-state index contributed by atoms with van der Waals surface area (Å²) in [7, 11) is 0. The van der Waals surface area contributed by atoms with Gasteiger partial charge in [-0.2, -0.15) is 5.26 Å². The lowest BCUT2D eigenvalue weighted by molar-refractivity contribution is -0.0454. The lowest BCUT2D eigenvalue weighted by Crippen LogP contribution is -2.73. The zero-order chi connectivity index (χ0) is 16.0.